The maximum absolute atomic E-state index is 12.8. The molecule has 2 aliphatic rings. The molecule has 0 bridgehead atoms. The molecular weight excluding hydrogens is 320 g/mol. The highest BCUT2D eigenvalue weighted by Crippen LogP contribution is 2.68. The Bertz CT molecular complexity index is 674. The molecule has 2 aliphatic carbocycles. The number of carbonyl (C=O) groups is 2. The largest absolute Gasteiger partial charge is 0.352 e. The first kappa shape index (κ1) is 17.5. The summed E-state index contributed by atoms with van der Waals surface area (Å²) in [5.74, 6) is -0.0122. The first-order valence-electron chi connectivity index (χ1n) is 8.95. The van der Waals surface area contributed by atoms with E-state index in [1.807, 2.05) is 6.92 Å². The zero-order valence-electron chi connectivity index (χ0n) is 15.3. The number of aryl methyl sites for hydroxylation is 1. The van der Waals surface area contributed by atoms with Crippen molar-refractivity contribution in [3.8, 4) is 0 Å². The van der Waals surface area contributed by atoms with Crippen molar-refractivity contribution in [2.75, 3.05) is 11.9 Å². The number of fused-ring (bicyclic) bond motifs is 1. The van der Waals surface area contributed by atoms with Crippen molar-refractivity contribution < 1.29 is 9.59 Å². The van der Waals surface area contributed by atoms with Gasteiger partial charge in [-0.3, -0.25) is 9.59 Å². The molecule has 0 atom stereocenters. The summed E-state index contributed by atoms with van der Waals surface area (Å²) < 4.78 is 0. The van der Waals surface area contributed by atoms with E-state index in [9.17, 15) is 9.59 Å². The van der Waals surface area contributed by atoms with Gasteiger partial charge in [-0.15, -0.1) is 11.3 Å². The monoisotopic (exact) mass is 348 g/mol. The number of hydrogen-bond acceptors (Lipinski definition) is 3. The number of anilines is 1. The molecule has 0 saturated heterocycles. The molecule has 0 aliphatic heterocycles. The number of nitrogens with one attached hydrogen (secondary N) is 2. The molecule has 1 heterocycles. The van der Waals surface area contributed by atoms with E-state index < -0.39 is 0 Å². The molecule has 1 aromatic rings. The van der Waals surface area contributed by atoms with Crippen LogP contribution in [0.1, 0.15) is 68.3 Å². The van der Waals surface area contributed by atoms with E-state index in [1.54, 1.807) is 11.3 Å². The van der Waals surface area contributed by atoms with Gasteiger partial charge in [0.25, 0.3) is 5.91 Å². The second-order valence-corrected chi connectivity index (χ2v) is 9.25. The van der Waals surface area contributed by atoms with E-state index in [-0.39, 0.29) is 28.6 Å². The highest BCUT2D eigenvalue weighted by molar-refractivity contribution is 7.17. The zero-order chi connectivity index (χ0) is 17.7. The van der Waals surface area contributed by atoms with Crippen molar-refractivity contribution in [1.29, 1.82) is 0 Å². The summed E-state index contributed by atoms with van der Waals surface area (Å²) in [4.78, 5) is 26.7. The van der Waals surface area contributed by atoms with Gasteiger partial charge >= 0.3 is 0 Å². The summed E-state index contributed by atoms with van der Waals surface area (Å²) >= 11 is 1.60. The lowest BCUT2D eigenvalue weighted by Gasteiger charge is -2.13. The number of rotatable bonds is 4. The fourth-order valence-corrected chi connectivity index (χ4v) is 5.47. The fraction of sp³-hybridized carbons (Fsp3) is 0.684. The molecule has 2 amide bonds. The SMILES string of the molecule is CCNC(=O)c1c(NC(=O)C2C(C)(C)C2(C)C)sc2c1CCCC2. The van der Waals surface area contributed by atoms with E-state index in [0.29, 0.717) is 12.1 Å². The van der Waals surface area contributed by atoms with Crippen molar-refractivity contribution in [2.24, 2.45) is 16.7 Å². The fourth-order valence-electron chi connectivity index (χ4n) is 4.18. The highest BCUT2D eigenvalue weighted by Gasteiger charge is 2.68. The summed E-state index contributed by atoms with van der Waals surface area (Å²) in [6.45, 7) is 11.1. The predicted octanol–water partition coefficient (Wildman–Crippen LogP) is 4.00. The number of thiophene rings is 1. The smallest absolute Gasteiger partial charge is 0.254 e. The third-order valence-corrected chi connectivity index (χ3v) is 7.46. The molecule has 1 aromatic heterocycles. The van der Waals surface area contributed by atoms with Crippen LogP contribution in [0.3, 0.4) is 0 Å². The van der Waals surface area contributed by atoms with E-state index in [1.165, 1.54) is 11.3 Å². The zero-order valence-corrected chi connectivity index (χ0v) is 16.2. The summed E-state index contributed by atoms with van der Waals surface area (Å²) in [6.07, 6.45) is 4.24. The maximum atomic E-state index is 12.8. The molecule has 0 radical (unpaired) electrons. The Hall–Kier alpha value is -1.36. The van der Waals surface area contributed by atoms with Crippen LogP contribution in [0.4, 0.5) is 5.00 Å². The van der Waals surface area contributed by atoms with Crippen LogP contribution in [-0.4, -0.2) is 18.4 Å². The third-order valence-electron chi connectivity index (χ3n) is 6.26. The topological polar surface area (TPSA) is 58.2 Å². The van der Waals surface area contributed by atoms with Crippen LogP contribution in [-0.2, 0) is 17.6 Å². The van der Waals surface area contributed by atoms with Gasteiger partial charge in [0.2, 0.25) is 5.91 Å². The van der Waals surface area contributed by atoms with Crippen molar-refractivity contribution in [3.63, 3.8) is 0 Å². The molecule has 132 valence electrons. The Kier molecular flexibility index (Phi) is 4.27. The van der Waals surface area contributed by atoms with Gasteiger partial charge in [0.15, 0.2) is 0 Å². The lowest BCUT2D eigenvalue weighted by atomic mass is 9.95. The quantitative estimate of drug-likeness (QED) is 0.864. The van der Waals surface area contributed by atoms with Crippen LogP contribution < -0.4 is 10.6 Å². The van der Waals surface area contributed by atoms with Crippen molar-refractivity contribution in [2.45, 2.75) is 60.3 Å². The Labute approximate surface area is 148 Å². The van der Waals surface area contributed by atoms with Crippen LogP contribution in [0.2, 0.25) is 0 Å². The molecular formula is C19H28N2O2S. The van der Waals surface area contributed by atoms with Gasteiger partial charge in [-0.2, -0.15) is 0 Å². The molecule has 0 aromatic carbocycles. The standard InChI is InChI=1S/C19H28N2O2S/c1-6-20-15(22)13-11-9-7-8-10-12(11)24-17(13)21-16(23)14-18(2,3)19(14,4)5/h14H,6-10H2,1-5H3,(H,20,22)(H,21,23). The average Bonchev–Trinajstić information content (AvgIpc) is 2.78. The first-order valence-corrected chi connectivity index (χ1v) is 9.77. The minimum atomic E-state index is -0.0542. The molecule has 2 N–H and O–H groups in total. The lowest BCUT2D eigenvalue weighted by molar-refractivity contribution is -0.118. The first-order chi connectivity index (χ1) is 11.2. The van der Waals surface area contributed by atoms with Crippen LogP contribution in [0.15, 0.2) is 0 Å². The highest BCUT2D eigenvalue weighted by atomic mass is 32.1. The summed E-state index contributed by atoms with van der Waals surface area (Å²) in [7, 11) is 0. The van der Waals surface area contributed by atoms with E-state index in [4.69, 9.17) is 0 Å². The van der Waals surface area contributed by atoms with E-state index in [0.717, 1.165) is 29.8 Å². The van der Waals surface area contributed by atoms with Gasteiger partial charge in [-0.05, 0) is 49.0 Å². The van der Waals surface area contributed by atoms with Crippen LogP contribution in [0, 0.1) is 16.7 Å². The molecule has 3 rings (SSSR count). The number of carbonyl (C=O) groups excluding carboxylic acids is 2. The lowest BCUT2D eigenvalue weighted by Crippen LogP contribution is -2.26. The Morgan fingerprint density at radius 1 is 1.12 bits per heavy atom. The molecule has 1 fully saturated rings. The van der Waals surface area contributed by atoms with Gasteiger partial charge in [-0.25, -0.2) is 0 Å². The average molecular weight is 349 g/mol. The van der Waals surface area contributed by atoms with E-state index in [2.05, 4.69) is 38.3 Å². The molecule has 0 unspecified atom stereocenters. The van der Waals surface area contributed by atoms with Crippen LogP contribution in [0.5, 0.6) is 0 Å². The predicted molar refractivity (Wildman–Crippen MR) is 98.6 cm³/mol. The second-order valence-electron chi connectivity index (χ2n) is 8.14. The van der Waals surface area contributed by atoms with Crippen molar-refractivity contribution in [1.82, 2.24) is 5.32 Å². The molecule has 0 spiro atoms. The van der Waals surface area contributed by atoms with E-state index >= 15 is 0 Å². The summed E-state index contributed by atoms with van der Waals surface area (Å²) in [5, 5.41) is 6.75. The normalized spacial score (nSPS) is 21.0. The van der Waals surface area contributed by atoms with Gasteiger partial charge in [0, 0.05) is 17.3 Å². The molecule has 4 nitrogen and oxygen atoms in total. The number of hydrogen-bond donors (Lipinski definition) is 2. The van der Waals surface area contributed by atoms with Gasteiger partial charge in [0.1, 0.15) is 5.00 Å². The summed E-state index contributed by atoms with van der Waals surface area (Å²) in [6, 6.07) is 0. The van der Waals surface area contributed by atoms with Crippen molar-refractivity contribution in [3.05, 3.63) is 16.0 Å². The van der Waals surface area contributed by atoms with Crippen molar-refractivity contribution >= 4 is 28.2 Å². The third kappa shape index (κ3) is 2.57. The molecule has 24 heavy (non-hydrogen) atoms. The molecule has 1 saturated carbocycles. The minimum Gasteiger partial charge on any atom is -0.352 e. The Morgan fingerprint density at radius 2 is 1.75 bits per heavy atom. The minimum absolute atomic E-state index is 0.000198. The Morgan fingerprint density at radius 3 is 2.33 bits per heavy atom. The molecule has 5 heteroatoms. The van der Waals surface area contributed by atoms with Gasteiger partial charge < -0.3 is 10.6 Å². The van der Waals surface area contributed by atoms with Crippen LogP contribution >= 0.6 is 11.3 Å². The summed E-state index contributed by atoms with van der Waals surface area (Å²) in [5.41, 5.74) is 1.86. The van der Waals surface area contributed by atoms with Gasteiger partial charge in [0.05, 0.1) is 5.56 Å². The maximum Gasteiger partial charge on any atom is 0.254 e. The van der Waals surface area contributed by atoms with Crippen LogP contribution in [0.25, 0.3) is 0 Å². The second kappa shape index (κ2) is 5.87. The van der Waals surface area contributed by atoms with Gasteiger partial charge in [-0.1, -0.05) is 27.7 Å². The number of amides is 2. The Balaban J connectivity index is 1.89.